The molecule has 1 amide bonds. The SMILES string of the molecule is C/C=C(\C=NC)c1ccc(NC)c(NC(=O)c2coc(C)n2)c1. The average molecular weight is 312 g/mol. The highest BCUT2D eigenvalue weighted by Crippen LogP contribution is 2.26. The number of aromatic nitrogens is 1. The van der Waals surface area contributed by atoms with Gasteiger partial charge in [0, 0.05) is 27.2 Å². The molecule has 0 aliphatic carbocycles. The summed E-state index contributed by atoms with van der Waals surface area (Å²) >= 11 is 0. The molecule has 6 nitrogen and oxygen atoms in total. The molecule has 0 atom stereocenters. The maximum absolute atomic E-state index is 12.3. The molecule has 6 heteroatoms. The first-order valence-electron chi connectivity index (χ1n) is 7.23. The molecule has 1 aromatic carbocycles. The highest BCUT2D eigenvalue weighted by atomic mass is 16.3. The minimum absolute atomic E-state index is 0.247. The number of aryl methyl sites for hydroxylation is 1. The number of rotatable bonds is 5. The molecule has 0 fully saturated rings. The topological polar surface area (TPSA) is 79.5 Å². The van der Waals surface area contributed by atoms with Gasteiger partial charge in [-0.2, -0.15) is 0 Å². The van der Waals surface area contributed by atoms with E-state index in [2.05, 4.69) is 20.6 Å². The van der Waals surface area contributed by atoms with E-state index in [0.29, 0.717) is 11.6 Å². The van der Waals surface area contributed by atoms with Gasteiger partial charge in [-0.15, -0.1) is 0 Å². The first-order valence-corrected chi connectivity index (χ1v) is 7.23. The number of oxazole rings is 1. The van der Waals surface area contributed by atoms with Crippen molar-refractivity contribution in [2.24, 2.45) is 4.99 Å². The molecule has 1 heterocycles. The van der Waals surface area contributed by atoms with Crippen LogP contribution in [0.1, 0.15) is 28.9 Å². The molecule has 23 heavy (non-hydrogen) atoms. The second kappa shape index (κ2) is 7.40. The second-order valence-electron chi connectivity index (χ2n) is 4.85. The Morgan fingerprint density at radius 1 is 1.35 bits per heavy atom. The smallest absolute Gasteiger partial charge is 0.277 e. The summed E-state index contributed by atoms with van der Waals surface area (Å²) in [6, 6.07) is 5.78. The fourth-order valence-corrected chi connectivity index (χ4v) is 2.15. The molecule has 120 valence electrons. The van der Waals surface area contributed by atoms with E-state index in [4.69, 9.17) is 4.42 Å². The number of hydrogen-bond donors (Lipinski definition) is 2. The van der Waals surface area contributed by atoms with Crippen LogP contribution in [-0.4, -0.2) is 31.2 Å². The lowest BCUT2D eigenvalue weighted by Gasteiger charge is -2.12. The van der Waals surface area contributed by atoms with Gasteiger partial charge in [-0.25, -0.2) is 4.98 Å². The molecule has 0 bridgehead atoms. The molecular weight excluding hydrogens is 292 g/mol. The number of aliphatic imine (C=N–C) groups is 1. The van der Waals surface area contributed by atoms with Crippen molar-refractivity contribution in [3.63, 3.8) is 0 Å². The molecule has 2 aromatic rings. The highest BCUT2D eigenvalue weighted by Gasteiger charge is 2.13. The van der Waals surface area contributed by atoms with E-state index in [1.165, 1.54) is 6.26 Å². The van der Waals surface area contributed by atoms with Gasteiger partial charge in [0.1, 0.15) is 6.26 Å². The molecule has 1 aromatic heterocycles. The molecule has 0 unspecified atom stereocenters. The van der Waals surface area contributed by atoms with E-state index in [9.17, 15) is 4.79 Å². The summed E-state index contributed by atoms with van der Waals surface area (Å²) in [5, 5.41) is 5.92. The van der Waals surface area contributed by atoms with Crippen LogP contribution in [0.4, 0.5) is 11.4 Å². The predicted molar refractivity (Wildman–Crippen MR) is 93.2 cm³/mol. The summed E-state index contributed by atoms with van der Waals surface area (Å²) in [7, 11) is 3.52. The van der Waals surface area contributed by atoms with Crippen molar-refractivity contribution in [2.45, 2.75) is 13.8 Å². The third kappa shape index (κ3) is 3.85. The Balaban J connectivity index is 2.34. The van der Waals surface area contributed by atoms with Gasteiger partial charge in [-0.05, 0) is 30.2 Å². The van der Waals surface area contributed by atoms with Crippen LogP contribution in [0.15, 0.2) is 39.9 Å². The third-order valence-electron chi connectivity index (χ3n) is 3.30. The van der Waals surface area contributed by atoms with E-state index in [0.717, 1.165) is 16.8 Å². The summed E-state index contributed by atoms with van der Waals surface area (Å²) in [5.74, 6) is 0.134. The molecule has 0 spiro atoms. The van der Waals surface area contributed by atoms with Gasteiger partial charge in [-0.3, -0.25) is 9.79 Å². The second-order valence-corrected chi connectivity index (χ2v) is 4.85. The Bertz CT molecular complexity index is 760. The van der Waals surface area contributed by atoms with Crippen molar-refractivity contribution in [3.8, 4) is 0 Å². The molecule has 0 aliphatic heterocycles. The average Bonchev–Trinajstić information content (AvgIpc) is 2.99. The van der Waals surface area contributed by atoms with Crippen LogP contribution >= 0.6 is 0 Å². The minimum Gasteiger partial charge on any atom is -0.448 e. The van der Waals surface area contributed by atoms with Crippen LogP contribution in [0.3, 0.4) is 0 Å². The molecule has 2 N–H and O–H groups in total. The van der Waals surface area contributed by atoms with Crippen LogP contribution in [0.2, 0.25) is 0 Å². The van der Waals surface area contributed by atoms with Crippen molar-refractivity contribution < 1.29 is 9.21 Å². The van der Waals surface area contributed by atoms with Crippen LogP contribution < -0.4 is 10.6 Å². The molecule has 0 saturated heterocycles. The highest BCUT2D eigenvalue weighted by molar-refractivity contribution is 6.11. The lowest BCUT2D eigenvalue weighted by Crippen LogP contribution is -2.14. The first-order chi connectivity index (χ1) is 11.1. The number of carbonyl (C=O) groups excluding carboxylic acids is 1. The Morgan fingerprint density at radius 3 is 2.70 bits per heavy atom. The molecular formula is C17H20N4O2. The van der Waals surface area contributed by atoms with Crippen LogP contribution in [0.5, 0.6) is 0 Å². The fraction of sp³-hybridized carbons (Fsp3) is 0.235. The summed E-state index contributed by atoms with van der Waals surface area (Å²) in [4.78, 5) is 20.4. The molecule has 0 aliphatic rings. The number of anilines is 2. The van der Waals surface area contributed by atoms with Crippen molar-refractivity contribution in [2.75, 3.05) is 24.7 Å². The van der Waals surface area contributed by atoms with E-state index >= 15 is 0 Å². The number of nitrogens with one attached hydrogen (secondary N) is 2. The number of amides is 1. The zero-order valence-electron chi connectivity index (χ0n) is 13.7. The van der Waals surface area contributed by atoms with E-state index in [-0.39, 0.29) is 11.6 Å². The first kappa shape index (κ1) is 16.5. The Labute approximate surface area is 135 Å². The molecule has 0 radical (unpaired) electrons. The Hall–Kier alpha value is -2.89. The summed E-state index contributed by atoms with van der Waals surface area (Å²) < 4.78 is 5.08. The van der Waals surface area contributed by atoms with Gasteiger partial charge in [0.25, 0.3) is 5.91 Å². The normalized spacial score (nSPS) is 11.7. The van der Waals surface area contributed by atoms with Crippen molar-refractivity contribution in [1.82, 2.24) is 4.98 Å². The van der Waals surface area contributed by atoms with Gasteiger partial charge in [-0.1, -0.05) is 12.1 Å². The number of nitrogens with zero attached hydrogens (tertiary/aromatic N) is 2. The van der Waals surface area contributed by atoms with Gasteiger partial charge in [0.05, 0.1) is 11.4 Å². The summed E-state index contributed by atoms with van der Waals surface area (Å²) in [6.07, 6.45) is 5.09. The van der Waals surface area contributed by atoms with Crippen molar-refractivity contribution in [1.29, 1.82) is 0 Å². The zero-order valence-corrected chi connectivity index (χ0v) is 13.7. The number of hydrogen-bond acceptors (Lipinski definition) is 5. The summed E-state index contributed by atoms with van der Waals surface area (Å²) in [6.45, 7) is 3.64. The number of allylic oxidation sites excluding steroid dienone is 2. The zero-order chi connectivity index (χ0) is 16.8. The maximum atomic E-state index is 12.3. The third-order valence-corrected chi connectivity index (χ3v) is 3.30. The monoisotopic (exact) mass is 312 g/mol. The minimum atomic E-state index is -0.318. The maximum Gasteiger partial charge on any atom is 0.277 e. The summed E-state index contributed by atoms with van der Waals surface area (Å²) in [5.41, 5.74) is 3.66. The molecule has 0 saturated carbocycles. The Kier molecular flexibility index (Phi) is 5.30. The van der Waals surface area contributed by atoms with Gasteiger partial charge >= 0.3 is 0 Å². The predicted octanol–water partition coefficient (Wildman–Crippen LogP) is 3.38. The fourth-order valence-electron chi connectivity index (χ4n) is 2.15. The largest absolute Gasteiger partial charge is 0.448 e. The van der Waals surface area contributed by atoms with E-state index in [1.54, 1.807) is 27.2 Å². The Morgan fingerprint density at radius 2 is 2.13 bits per heavy atom. The van der Waals surface area contributed by atoms with Crippen LogP contribution in [0, 0.1) is 6.92 Å². The number of carbonyl (C=O) groups is 1. The van der Waals surface area contributed by atoms with Crippen molar-refractivity contribution in [3.05, 3.63) is 47.7 Å². The van der Waals surface area contributed by atoms with Crippen LogP contribution in [-0.2, 0) is 0 Å². The van der Waals surface area contributed by atoms with E-state index < -0.39 is 0 Å². The van der Waals surface area contributed by atoms with Crippen molar-refractivity contribution >= 4 is 29.1 Å². The number of benzene rings is 1. The van der Waals surface area contributed by atoms with Gasteiger partial charge in [0.2, 0.25) is 0 Å². The molecule has 2 rings (SSSR count). The van der Waals surface area contributed by atoms with Gasteiger partial charge in [0.15, 0.2) is 11.6 Å². The lowest BCUT2D eigenvalue weighted by molar-refractivity contribution is 0.102. The van der Waals surface area contributed by atoms with E-state index in [1.807, 2.05) is 31.2 Å². The quantitative estimate of drug-likeness (QED) is 0.829. The standard InChI is InChI=1S/C17H20N4O2/c1-5-12(9-18-3)13-6-7-14(19-4)15(8-13)21-17(22)16-10-23-11(2)20-16/h5-10,19H,1-4H3,(H,21,22)/b12-5+,18-9?. The lowest BCUT2D eigenvalue weighted by atomic mass is 10.0. The van der Waals surface area contributed by atoms with Gasteiger partial charge < -0.3 is 15.1 Å². The van der Waals surface area contributed by atoms with Crippen LogP contribution in [0.25, 0.3) is 5.57 Å².